The molecule has 1 aliphatic rings. The van der Waals surface area contributed by atoms with Gasteiger partial charge in [0.2, 0.25) is 11.7 Å². The van der Waals surface area contributed by atoms with Gasteiger partial charge in [-0.3, -0.25) is 9.59 Å². The van der Waals surface area contributed by atoms with Crippen LogP contribution in [0.3, 0.4) is 0 Å². The Bertz CT molecular complexity index is 1220. The molecule has 30 heavy (non-hydrogen) atoms. The molecule has 1 N–H and O–H groups in total. The van der Waals surface area contributed by atoms with E-state index < -0.39 is 29.3 Å². The topological polar surface area (TPSA) is 93.6 Å². The molecule has 1 fully saturated rings. The lowest BCUT2D eigenvalue weighted by Crippen LogP contribution is -2.27. The number of carbonyl (C=O) groups is 2. The highest BCUT2D eigenvalue weighted by Gasteiger charge is 2.44. The highest BCUT2D eigenvalue weighted by Crippen LogP contribution is 2.30. The smallest absolute Gasteiger partial charge is 0.326 e. The molecule has 3 aromatic rings. The first-order valence-electron chi connectivity index (χ1n) is 9.04. The number of aromatic amines is 1. The van der Waals surface area contributed by atoms with Gasteiger partial charge in [0.25, 0.3) is 0 Å². The van der Waals surface area contributed by atoms with Crippen molar-refractivity contribution in [2.45, 2.75) is 6.92 Å². The lowest BCUT2D eigenvalue weighted by atomic mass is 10.0. The number of benzene rings is 1. The summed E-state index contributed by atoms with van der Waals surface area (Å²) in [5.74, 6) is -5.26. The van der Waals surface area contributed by atoms with Crippen LogP contribution in [-0.2, 0) is 19.1 Å². The van der Waals surface area contributed by atoms with Gasteiger partial charge in [-0.05, 0) is 37.3 Å². The van der Waals surface area contributed by atoms with Crippen LogP contribution in [0.15, 0.2) is 53.5 Å². The maximum atomic E-state index is 14.0. The van der Waals surface area contributed by atoms with E-state index in [1.165, 1.54) is 6.08 Å². The van der Waals surface area contributed by atoms with E-state index in [2.05, 4.69) is 15.0 Å². The number of fused-ring (bicyclic) bond motifs is 1. The number of ether oxygens (including phenoxy) is 2. The number of halogens is 2. The summed E-state index contributed by atoms with van der Waals surface area (Å²) in [5, 5.41) is 0.740. The molecule has 0 amide bonds. The van der Waals surface area contributed by atoms with Crippen LogP contribution in [0, 0.1) is 17.6 Å². The number of aliphatic imine (C=N–C) groups is 1. The zero-order chi connectivity index (χ0) is 21.3. The van der Waals surface area contributed by atoms with Crippen molar-refractivity contribution in [1.82, 2.24) is 9.97 Å². The predicted octanol–water partition coefficient (Wildman–Crippen LogP) is 3.69. The Kier molecular flexibility index (Phi) is 5.09. The van der Waals surface area contributed by atoms with Gasteiger partial charge in [-0.15, -0.1) is 0 Å². The lowest BCUT2D eigenvalue weighted by Gasteiger charge is -2.06. The predicted molar refractivity (Wildman–Crippen MR) is 104 cm³/mol. The summed E-state index contributed by atoms with van der Waals surface area (Å²) in [7, 11) is 0. The van der Waals surface area contributed by atoms with Crippen LogP contribution in [0.1, 0.15) is 12.5 Å². The van der Waals surface area contributed by atoms with Gasteiger partial charge >= 0.3 is 5.97 Å². The quantitative estimate of drug-likeness (QED) is 0.402. The fourth-order valence-electron chi connectivity index (χ4n) is 3.03. The molecule has 0 bridgehead atoms. The first kappa shape index (κ1) is 19.4. The van der Waals surface area contributed by atoms with Gasteiger partial charge in [0.15, 0.2) is 17.5 Å². The van der Waals surface area contributed by atoms with E-state index in [0.29, 0.717) is 17.3 Å². The van der Waals surface area contributed by atoms with E-state index in [4.69, 9.17) is 9.47 Å². The van der Waals surface area contributed by atoms with Crippen LogP contribution in [0.2, 0.25) is 0 Å². The number of ketones is 1. The third-order valence-corrected chi connectivity index (χ3v) is 4.40. The molecular formula is C21H15F2N3O4. The van der Waals surface area contributed by atoms with Gasteiger partial charge in [-0.1, -0.05) is 0 Å². The molecular weight excluding hydrogens is 396 g/mol. The van der Waals surface area contributed by atoms with Crippen molar-refractivity contribution in [1.29, 1.82) is 0 Å². The summed E-state index contributed by atoms with van der Waals surface area (Å²) < 4.78 is 37.7. The Morgan fingerprint density at radius 1 is 1.37 bits per heavy atom. The van der Waals surface area contributed by atoms with Gasteiger partial charge in [-0.2, -0.15) is 0 Å². The number of rotatable bonds is 4. The zero-order valence-corrected chi connectivity index (χ0v) is 15.7. The summed E-state index contributed by atoms with van der Waals surface area (Å²) in [6.45, 7) is 1.62. The second-order valence-electron chi connectivity index (χ2n) is 6.35. The number of nitrogens with zero attached hydrogens (tertiary/aromatic N) is 2. The van der Waals surface area contributed by atoms with Crippen LogP contribution in [0.25, 0.3) is 17.1 Å². The van der Waals surface area contributed by atoms with Crippen LogP contribution in [0.5, 0.6) is 0 Å². The Morgan fingerprint density at radius 2 is 2.20 bits per heavy atom. The average Bonchev–Trinajstić information content (AvgIpc) is 3.26. The van der Waals surface area contributed by atoms with E-state index in [9.17, 15) is 18.4 Å². The third kappa shape index (κ3) is 3.57. The molecule has 0 radical (unpaired) electrons. The highest BCUT2D eigenvalue weighted by atomic mass is 19.1. The van der Waals surface area contributed by atoms with Crippen molar-refractivity contribution in [3.63, 3.8) is 0 Å². The zero-order valence-electron chi connectivity index (χ0n) is 15.7. The minimum atomic E-state index is -1.48. The van der Waals surface area contributed by atoms with Crippen molar-refractivity contribution in [3.05, 3.63) is 65.7 Å². The van der Waals surface area contributed by atoms with Crippen molar-refractivity contribution in [2.24, 2.45) is 10.9 Å². The molecule has 1 aromatic carbocycles. The Balaban J connectivity index is 1.76. The molecule has 9 heteroatoms. The summed E-state index contributed by atoms with van der Waals surface area (Å²) in [6.07, 6.45) is 4.69. The van der Waals surface area contributed by atoms with E-state index >= 15 is 0 Å². The average molecular weight is 411 g/mol. The molecule has 7 nitrogen and oxygen atoms in total. The minimum Gasteiger partial charge on any atom is -0.465 e. The number of hydrogen-bond donors (Lipinski definition) is 1. The Hall–Kier alpha value is -3.88. The SMILES string of the molecule is CCOC(=O)C1C(=O)/C(=C/c2c[nH]c3ncccc23)OC1=Nc1ccc(F)cc1F. The number of carbonyl (C=O) groups excluding carboxylic acids is 2. The monoisotopic (exact) mass is 411 g/mol. The summed E-state index contributed by atoms with van der Waals surface area (Å²) in [4.78, 5) is 36.3. The molecule has 1 saturated heterocycles. The van der Waals surface area contributed by atoms with Crippen molar-refractivity contribution < 1.29 is 27.8 Å². The molecule has 1 atom stereocenters. The number of H-pyrrole nitrogens is 1. The molecule has 2 aromatic heterocycles. The van der Waals surface area contributed by atoms with Crippen molar-refractivity contribution >= 4 is 40.4 Å². The normalized spacial score (nSPS) is 18.9. The molecule has 1 unspecified atom stereocenters. The first-order valence-corrected chi connectivity index (χ1v) is 9.04. The number of aromatic nitrogens is 2. The third-order valence-electron chi connectivity index (χ3n) is 4.40. The first-order chi connectivity index (χ1) is 14.5. The maximum absolute atomic E-state index is 14.0. The van der Waals surface area contributed by atoms with E-state index in [1.54, 1.807) is 31.5 Å². The Labute approximate surface area is 169 Å². The second kappa shape index (κ2) is 7.86. The molecule has 0 spiro atoms. The van der Waals surface area contributed by atoms with Crippen molar-refractivity contribution in [3.8, 4) is 0 Å². The molecule has 152 valence electrons. The number of hydrogen-bond acceptors (Lipinski definition) is 6. The van der Waals surface area contributed by atoms with Gasteiger partial charge in [0.05, 0.1) is 6.61 Å². The van der Waals surface area contributed by atoms with Gasteiger partial charge in [-0.25, -0.2) is 18.8 Å². The minimum absolute atomic E-state index is 0.0357. The van der Waals surface area contributed by atoms with Crippen LogP contribution < -0.4 is 0 Å². The molecule has 1 aliphatic heterocycles. The van der Waals surface area contributed by atoms with Gasteiger partial charge < -0.3 is 14.5 Å². The lowest BCUT2D eigenvalue weighted by molar-refractivity contribution is -0.147. The van der Waals surface area contributed by atoms with E-state index in [-0.39, 0.29) is 24.0 Å². The summed E-state index contributed by atoms with van der Waals surface area (Å²) in [6, 6.07) is 6.28. The summed E-state index contributed by atoms with van der Waals surface area (Å²) >= 11 is 0. The van der Waals surface area contributed by atoms with E-state index in [0.717, 1.165) is 17.5 Å². The fourth-order valence-corrected chi connectivity index (χ4v) is 3.03. The van der Waals surface area contributed by atoms with Crippen LogP contribution in [0.4, 0.5) is 14.5 Å². The fraction of sp³-hybridized carbons (Fsp3) is 0.143. The number of esters is 1. The number of allylic oxidation sites excluding steroid dienone is 1. The van der Waals surface area contributed by atoms with Gasteiger partial charge in [0.1, 0.15) is 17.2 Å². The number of Topliss-reactive ketones (excluding diaryl/α,β-unsaturated/α-hetero) is 1. The van der Waals surface area contributed by atoms with E-state index in [1.807, 2.05) is 0 Å². The molecule has 0 aliphatic carbocycles. The molecule has 4 rings (SSSR count). The maximum Gasteiger partial charge on any atom is 0.326 e. The number of pyridine rings is 1. The van der Waals surface area contributed by atoms with Gasteiger partial charge in [0, 0.05) is 29.4 Å². The Morgan fingerprint density at radius 3 is 2.97 bits per heavy atom. The highest BCUT2D eigenvalue weighted by molar-refractivity contribution is 6.27. The molecule has 3 heterocycles. The number of nitrogens with one attached hydrogen (secondary N) is 1. The second-order valence-corrected chi connectivity index (χ2v) is 6.35. The van der Waals surface area contributed by atoms with Crippen LogP contribution in [-0.4, -0.2) is 34.2 Å². The summed E-state index contributed by atoms with van der Waals surface area (Å²) in [5.41, 5.74) is 0.948. The van der Waals surface area contributed by atoms with Crippen molar-refractivity contribution in [2.75, 3.05) is 6.61 Å². The largest absolute Gasteiger partial charge is 0.465 e. The standard InChI is InChI=1S/C21H15F2N3O4/c1-2-29-21(28)17-18(27)16(8-11-10-25-19-13(11)4-3-7-24-19)30-20(17)26-15-6-5-12(22)9-14(15)23/h3-10,17H,2H2,1H3,(H,24,25)/b16-8-,26-20?. The molecule has 0 saturated carbocycles. The van der Waals surface area contributed by atoms with Crippen LogP contribution >= 0.6 is 0 Å².